The van der Waals surface area contributed by atoms with Crippen molar-refractivity contribution in [3.05, 3.63) is 257 Å². The largest absolute Gasteiger partial charge is 0.336 e. The summed E-state index contributed by atoms with van der Waals surface area (Å²) in [5.74, 6) is 0. The average Bonchev–Trinajstić information content (AvgIpc) is 3.85. The van der Waals surface area contributed by atoms with Gasteiger partial charge in [-0.2, -0.15) is 0 Å². The molecule has 0 amide bonds. The lowest BCUT2D eigenvalue weighted by atomic mass is 9.73. The Morgan fingerprint density at radius 3 is 1.49 bits per heavy atom. The third-order valence-electron chi connectivity index (χ3n) is 16.0. The van der Waals surface area contributed by atoms with Crippen molar-refractivity contribution in [2.45, 2.75) is 84.1 Å². The Morgan fingerprint density at radius 2 is 0.884 bits per heavy atom. The number of rotatable bonds is 10. The fourth-order valence-corrected chi connectivity index (χ4v) is 12.3. The van der Waals surface area contributed by atoms with Gasteiger partial charge in [-0.1, -0.05) is 185 Å². The number of hydrogen-bond acceptors (Lipinski definition) is 2. The molecule has 0 fully saturated rings. The molecule has 9 aromatic rings. The van der Waals surface area contributed by atoms with Crippen LogP contribution in [0.25, 0.3) is 33.4 Å². The Morgan fingerprint density at radius 1 is 0.391 bits per heavy atom. The van der Waals surface area contributed by atoms with Crippen molar-refractivity contribution in [1.29, 1.82) is 0 Å². The summed E-state index contributed by atoms with van der Waals surface area (Å²) in [7, 11) is 0. The molecule has 0 spiro atoms. The summed E-state index contributed by atoms with van der Waals surface area (Å²) in [6.07, 6.45) is 5.21. The van der Waals surface area contributed by atoms with Gasteiger partial charge in [0.05, 0.1) is 0 Å². The Balaban J connectivity index is 0.000000685. The molecule has 0 saturated heterocycles. The SMILES string of the molecule is CCC1(CC)c2ccccc2-c2ccc(Cc3ccc4c(c3)-c3cc(N(c5ccccc5)c5ccc6c(c5)C(CC)(CC)c5ccccc5-6)ccc3CN4c3ccccc3)cc21.Cc1ccccc1. The van der Waals surface area contributed by atoms with Crippen LogP contribution in [0.2, 0.25) is 0 Å². The van der Waals surface area contributed by atoms with Gasteiger partial charge >= 0.3 is 0 Å². The van der Waals surface area contributed by atoms with E-state index in [-0.39, 0.29) is 10.8 Å². The first-order valence-corrected chi connectivity index (χ1v) is 25.3. The minimum absolute atomic E-state index is 0.00618. The number of anilines is 5. The fourth-order valence-electron chi connectivity index (χ4n) is 12.3. The van der Waals surface area contributed by atoms with Gasteiger partial charge in [-0.05, 0) is 166 Å². The second kappa shape index (κ2) is 18.2. The van der Waals surface area contributed by atoms with Gasteiger partial charge in [0.25, 0.3) is 0 Å². The lowest BCUT2D eigenvalue weighted by Gasteiger charge is -2.35. The highest BCUT2D eigenvalue weighted by Crippen LogP contribution is 2.55. The maximum absolute atomic E-state index is 2.53. The Kier molecular flexibility index (Phi) is 11.7. The van der Waals surface area contributed by atoms with Gasteiger partial charge < -0.3 is 9.80 Å². The van der Waals surface area contributed by atoms with Gasteiger partial charge in [-0.15, -0.1) is 0 Å². The normalized spacial score (nSPS) is 14.0. The molecule has 12 rings (SSSR count). The van der Waals surface area contributed by atoms with Gasteiger partial charge in [0.15, 0.2) is 0 Å². The van der Waals surface area contributed by atoms with E-state index in [1.54, 1.807) is 0 Å². The first-order valence-electron chi connectivity index (χ1n) is 25.3. The van der Waals surface area contributed by atoms with Crippen LogP contribution in [0, 0.1) is 6.92 Å². The van der Waals surface area contributed by atoms with Crippen LogP contribution in [0.15, 0.2) is 212 Å². The third-order valence-corrected chi connectivity index (χ3v) is 16.0. The molecule has 0 unspecified atom stereocenters. The van der Waals surface area contributed by atoms with Crippen molar-refractivity contribution in [3.8, 4) is 33.4 Å². The number of fused-ring (bicyclic) bond motifs is 9. The van der Waals surface area contributed by atoms with Crippen LogP contribution >= 0.6 is 0 Å². The molecule has 0 radical (unpaired) electrons. The molecule has 69 heavy (non-hydrogen) atoms. The van der Waals surface area contributed by atoms with Gasteiger partial charge in [0.2, 0.25) is 0 Å². The molecule has 0 saturated carbocycles. The number of benzene rings is 9. The molecule has 9 aromatic carbocycles. The van der Waals surface area contributed by atoms with Crippen LogP contribution in [-0.2, 0) is 23.8 Å². The Labute approximate surface area is 410 Å². The lowest BCUT2D eigenvalue weighted by molar-refractivity contribution is 0.490. The quantitative estimate of drug-likeness (QED) is 0.135. The zero-order valence-electron chi connectivity index (χ0n) is 40.8. The molecule has 0 bridgehead atoms. The molecule has 2 nitrogen and oxygen atoms in total. The monoisotopic (exact) mass is 894 g/mol. The molecule has 1 heterocycles. The molecule has 3 aliphatic rings. The van der Waals surface area contributed by atoms with Gasteiger partial charge in [-0.25, -0.2) is 0 Å². The molecule has 0 aromatic heterocycles. The summed E-state index contributed by atoms with van der Waals surface area (Å²) in [4.78, 5) is 4.97. The maximum Gasteiger partial charge on any atom is 0.0493 e. The van der Waals surface area contributed by atoms with E-state index in [0.717, 1.165) is 44.3 Å². The zero-order chi connectivity index (χ0) is 47.1. The standard InChI is InChI=1S/C60H54N2.C7H8/c1-5-59(6-2)54-25-17-15-23-48(54)50-32-27-42(37-56(50)59)35-41-28-34-58-53(36-41)52-38-46(30-29-43(52)40-61(58)44-19-11-9-12-20-44)62(45-21-13-10-14-22-45)47-31-33-51-49-24-16-18-26-55(49)60(7-3,8-4)57(51)39-47;1-7-5-3-2-4-6-7/h9-34,36-39H,5-8,35,40H2,1-4H3;2-6H,1H3. The van der Waals surface area contributed by atoms with E-state index < -0.39 is 0 Å². The smallest absolute Gasteiger partial charge is 0.0493 e. The highest BCUT2D eigenvalue weighted by Gasteiger charge is 2.42. The van der Waals surface area contributed by atoms with E-state index in [2.05, 4.69) is 239 Å². The molecular weight excluding hydrogens is 833 g/mol. The van der Waals surface area contributed by atoms with E-state index >= 15 is 0 Å². The highest BCUT2D eigenvalue weighted by molar-refractivity contribution is 5.92. The van der Waals surface area contributed by atoms with Crippen LogP contribution in [0.3, 0.4) is 0 Å². The van der Waals surface area contributed by atoms with Crippen molar-refractivity contribution in [2.24, 2.45) is 0 Å². The van der Waals surface area contributed by atoms with Crippen molar-refractivity contribution in [3.63, 3.8) is 0 Å². The number of nitrogens with zero attached hydrogens (tertiary/aromatic N) is 2. The highest BCUT2D eigenvalue weighted by atomic mass is 15.2. The van der Waals surface area contributed by atoms with Gasteiger partial charge in [0, 0.05) is 51.4 Å². The van der Waals surface area contributed by atoms with E-state index in [9.17, 15) is 0 Å². The summed E-state index contributed by atoms with van der Waals surface area (Å²) < 4.78 is 0. The molecule has 1 aliphatic heterocycles. The second-order valence-corrected chi connectivity index (χ2v) is 19.4. The summed E-state index contributed by atoms with van der Waals surface area (Å²) >= 11 is 0. The van der Waals surface area contributed by atoms with Crippen molar-refractivity contribution >= 4 is 28.4 Å². The predicted molar refractivity (Wildman–Crippen MR) is 293 cm³/mol. The molecule has 0 atom stereocenters. The Bertz CT molecular complexity index is 3290. The maximum atomic E-state index is 2.53. The van der Waals surface area contributed by atoms with E-state index in [4.69, 9.17) is 0 Å². The van der Waals surface area contributed by atoms with Crippen LogP contribution in [0.1, 0.15) is 97.9 Å². The minimum atomic E-state index is -0.00618. The zero-order valence-corrected chi connectivity index (χ0v) is 40.8. The lowest BCUT2D eigenvalue weighted by Crippen LogP contribution is -2.23. The number of aryl methyl sites for hydroxylation is 1. The Hall–Kier alpha value is -7.42. The van der Waals surface area contributed by atoms with Crippen molar-refractivity contribution < 1.29 is 0 Å². The predicted octanol–water partition coefficient (Wildman–Crippen LogP) is 18.2. The van der Waals surface area contributed by atoms with Crippen LogP contribution in [-0.4, -0.2) is 0 Å². The average molecular weight is 895 g/mol. The first kappa shape index (κ1) is 44.1. The van der Waals surface area contributed by atoms with Crippen LogP contribution in [0.4, 0.5) is 28.4 Å². The van der Waals surface area contributed by atoms with Crippen molar-refractivity contribution in [1.82, 2.24) is 0 Å². The molecule has 2 aliphatic carbocycles. The molecule has 2 heteroatoms. The topological polar surface area (TPSA) is 6.48 Å². The molecular formula is C67H62N2. The van der Waals surface area contributed by atoms with Gasteiger partial charge in [-0.3, -0.25) is 0 Å². The van der Waals surface area contributed by atoms with E-state index in [0.29, 0.717) is 0 Å². The third kappa shape index (κ3) is 7.49. The number of para-hydroxylation sites is 2. The van der Waals surface area contributed by atoms with Crippen molar-refractivity contribution in [2.75, 3.05) is 9.80 Å². The first-order chi connectivity index (χ1) is 33.9. The van der Waals surface area contributed by atoms with Gasteiger partial charge in [0.1, 0.15) is 0 Å². The van der Waals surface area contributed by atoms with E-state index in [1.165, 1.54) is 101 Å². The van der Waals surface area contributed by atoms with Crippen LogP contribution < -0.4 is 9.80 Å². The minimum Gasteiger partial charge on any atom is -0.336 e. The summed E-state index contributed by atoms with van der Waals surface area (Å²) in [5.41, 5.74) is 25.5. The summed E-state index contributed by atoms with van der Waals surface area (Å²) in [6, 6.07) is 79.2. The second-order valence-electron chi connectivity index (χ2n) is 19.4. The fraction of sp³-hybridized carbons (Fsp3) is 0.194. The molecule has 0 N–H and O–H groups in total. The summed E-state index contributed by atoms with van der Waals surface area (Å²) in [6.45, 7) is 12.3. The molecule has 340 valence electrons. The number of hydrogen-bond donors (Lipinski definition) is 0. The van der Waals surface area contributed by atoms with Crippen LogP contribution in [0.5, 0.6) is 0 Å². The summed E-state index contributed by atoms with van der Waals surface area (Å²) in [5, 5.41) is 0. The van der Waals surface area contributed by atoms with E-state index in [1.807, 2.05) is 18.2 Å².